The molecule has 11 heavy (non-hydrogen) atoms. The monoisotopic (exact) mass is 153 g/mol. The molecule has 0 aromatic carbocycles. The van der Waals surface area contributed by atoms with Crippen LogP contribution in [-0.4, -0.2) is 23.3 Å². The largest absolute Gasteiger partial charge is 0.393 e. The van der Waals surface area contributed by atoms with Crippen LogP contribution in [0.2, 0.25) is 0 Å². The van der Waals surface area contributed by atoms with Crippen LogP contribution in [0.5, 0.6) is 0 Å². The molecule has 0 radical (unpaired) electrons. The zero-order valence-corrected chi connectivity index (χ0v) is 6.88. The van der Waals surface area contributed by atoms with E-state index >= 15 is 0 Å². The van der Waals surface area contributed by atoms with E-state index in [2.05, 4.69) is 18.2 Å². The van der Waals surface area contributed by atoms with E-state index in [1.807, 2.05) is 0 Å². The van der Waals surface area contributed by atoms with E-state index in [1.165, 1.54) is 0 Å². The minimum Gasteiger partial charge on any atom is -0.393 e. The molecular formula is C9H15NO. The summed E-state index contributed by atoms with van der Waals surface area (Å²) in [6.45, 7) is 2.06. The highest BCUT2D eigenvalue weighted by atomic mass is 16.3. The summed E-state index contributed by atoms with van der Waals surface area (Å²) in [5.74, 6) is 2.67. The number of rotatable bonds is 3. The maximum atomic E-state index is 8.98. The molecule has 1 atom stereocenters. The standard InChI is InChI=1S/C9H15NO/c1-3-7(4-2)10-8-5-9(11)6-8/h1,7-11H,4-6H2,2H3. The molecule has 2 N–H and O–H groups in total. The molecule has 62 valence electrons. The first-order valence-corrected chi connectivity index (χ1v) is 4.16. The van der Waals surface area contributed by atoms with Crippen molar-refractivity contribution in [2.45, 2.75) is 44.4 Å². The Kier molecular flexibility index (Phi) is 2.92. The summed E-state index contributed by atoms with van der Waals surface area (Å²) in [5, 5.41) is 12.3. The number of terminal acetylenes is 1. The molecule has 0 amide bonds. The van der Waals surface area contributed by atoms with Gasteiger partial charge in [-0.2, -0.15) is 0 Å². The molecule has 1 fully saturated rings. The predicted octanol–water partition coefficient (Wildman–Crippen LogP) is 0.511. The fourth-order valence-electron chi connectivity index (χ4n) is 1.29. The Morgan fingerprint density at radius 1 is 1.73 bits per heavy atom. The van der Waals surface area contributed by atoms with Crippen molar-refractivity contribution in [1.82, 2.24) is 5.32 Å². The Hall–Kier alpha value is -0.520. The van der Waals surface area contributed by atoms with Gasteiger partial charge < -0.3 is 10.4 Å². The van der Waals surface area contributed by atoms with Crippen LogP contribution >= 0.6 is 0 Å². The van der Waals surface area contributed by atoms with Crippen molar-refractivity contribution >= 4 is 0 Å². The van der Waals surface area contributed by atoms with Gasteiger partial charge >= 0.3 is 0 Å². The molecular weight excluding hydrogens is 138 g/mol. The van der Waals surface area contributed by atoms with Crippen molar-refractivity contribution in [3.63, 3.8) is 0 Å². The first-order valence-electron chi connectivity index (χ1n) is 4.16. The molecule has 2 nitrogen and oxygen atoms in total. The van der Waals surface area contributed by atoms with Crippen molar-refractivity contribution in [2.24, 2.45) is 0 Å². The van der Waals surface area contributed by atoms with E-state index in [9.17, 15) is 0 Å². The molecule has 0 spiro atoms. The highest BCUT2D eigenvalue weighted by Gasteiger charge is 2.27. The highest BCUT2D eigenvalue weighted by molar-refractivity contribution is 5.01. The van der Waals surface area contributed by atoms with Crippen LogP contribution in [0.4, 0.5) is 0 Å². The van der Waals surface area contributed by atoms with Gasteiger partial charge in [0.2, 0.25) is 0 Å². The number of aliphatic hydroxyl groups is 1. The molecule has 1 rings (SSSR count). The SMILES string of the molecule is C#CC(CC)NC1CC(O)C1. The van der Waals surface area contributed by atoms with Gasteiger partial charge in [0.15, 0.2) is 0 Å². The molecule has 0 heterocycles. The quantitative estimate of drug-likeness (QED) is 0.579. The lowest BCUT2D eigenvalue weighted by molar-refractivity contribution is 0.0602. The molecule has 1 unspecified atom stereocenters. The van der Waals surface area contributed by atoms with E-state index in [0.29, 0.717) is 6.04 Å². The number of hydrogen-bond acceptors (Lipinski definition) is 2. The summed E-state index contributed by atoms with van der Waals surface area (Å²) < 4.78 is 0. The van der Waals surface area contributed by atoms with E-state index in [1.54, 1.807) is 0 Å². The second-order valence-electron chi connectivity index (χ2n) is 3.12. The molecule has 1 aliphatic rings. The zero-order valence-electron chi connectivity index (χ0n) is 6.88. The fourth-order valence-corrected chi connectivity index (χ4v) is 1.29. The van der Waals surface area contributed by atoms with Crippen molar-refractivity contribution < 1.29 is 5.11 Å². The first-order chi connectivity index (χ1) is 5.26. The zero-order chi connectivity index (χ0) is 8.27. The maximum absolute atomic E-state index is 8.98. The number of nitrogens with one attached hydrogen (secondary N) is 1. The Labute approximate surface area is 68.0 Å². The molecule has 0 aliphatic heterocycles. The highest BCUT2D eigenvalue weighted by Crippen LogP contribution is 2.19. The summed E-state index contributed by atoms with van der Waals surface area (Å²) >= 11 is 0. The topological polar surface area (TPSA) is 32.3 Å². The van der Waals surface area contributed by atoms with Gasteiger partial charge in [0.25, 0.3) is 0 Å². The van der Waals surface area contributed by atoms with Crippen molar-refractivity contribution in [3.05, 3.63) is 0 Å². The van der Waals surface area contributed by atoms with Gasteiger partial charge in [0.1, 0.15) is 0 Å². The van der Waals surface area contributed by atoms with Crippen LogP contribution in [0.1, 0.15) is 26.2 Å². The second kappa shape index (κ2) is 3.75. The third-order valence-corrected chi connectivity index (χ3v) is 2.16. The lowest BCUT2D eigenvalue weighted by Gasteiger charge is -2.33. The number of hydrogen-bond donors (Lipinski definition) is 2. The van der Waals surface area contributed by atoms with Gasteiger partial charge in [-0.15, -0.1) is 6.42 Å². The predicted molar refractivity (Wildman–Crippen MR) is 45.1 cm³/mol. The minimum absolute atomic E-state index is 0.0946. The van der Waals surface area contributed by atoms with E-state index in [0.717, 1.165) is 19.3 Å². The summed E-state index contributed by atoms with van der Waals surface area (Å²) in [5.41, 5.74) is 0. The van der Waals surface area contributed by atoms with Crippen LogP contribution in [0, 0.1) is 12.3 Å². The number of aliphatic hydroxyl groups excluding tert-OH is 1. The van der Waals surface area contributed by atoms with Gasteiger partial charge in [-0.1, -0.05) is 12.8 Å². The summed E-state index contributed by atoms with van der Waals surface area (Å²) in [4.78, 5) is 0. The van der Waals surface area contributed by atoms with Crippen molar-refractivity contribution in [2.75, 3.05) is 0 Å². The molecule has 0 saturated heterocycles. The first kappa shape index (κ1) is 8.58. The molecule has 0 aromatic rings. The lowest BCUT2D eigenvalue weighted by Crippen LogP contribution is -2.47. The van der Waals surface area contributed by atoms with Gasteiger partial charge in [-0.25, -0.2) is 0 Å². The summed E-state index contributed by atoms with van der Waals surface area (Å²) in [6, 6.07) is 0.637. The van der Waals surface area contributed by atoms with Crippen LogP contribution in [0.15, 0.2) is 0 Å². The van der Waals surface area contributed by atoms with Gasteiger partial charge in [-0.05, 0) is 19.3 Å². The third kappa shape index (κ3) is 2.21. The second-order valence-corrected chi connectivity index (χ2v) is 3.12. The summed E-state index contributed by atoms with van der Waals surface area (Å²) in [7, 11) is 0. The van der Waals surface area contributed by atoms with Gasteiger partial charge in [0.05, 0.1) is 12.1 Å². The smallest absolute Gasteiger partial charge is 0.0686 e. The average molecular weight is 153 g/mol. The van der Waals surface area contributed by atoms with E-state index in [4.69, 9.17) is 11.5 Å². The Morgan fingerprint density at radius 3 is 2.73 bits per heavy atom. The van der Waals surface area contributed by atoms with Crippen molar-refractivity contribution in [3.8, 4) is 12.3 Å². The third-order valence-electron chi connectivity index (χ3n) is 2.16. The van der Waals surface area contributed by atoms with E-state index in [-0.39, 0.29) is 12.1 Å². The summed E-state index contributed by atoms with van der Waals surface area (Å²) in [6.07, 6.45) is 7.86. The maximum Gasteiger partial charge on any atom is 0.0686 e. The van der Waals surface area contributed by atoms with Crippen LogP contribution < -0.4 is 5.32 Å². The van der Waals surface area contributed by atoms with Gasteiger partial charge in [-0.3, -0.25) is 0 Å². The van der Waals surface area contributed by atoms with Crippen LogP contribution in [0.3, 0.4) is 0 Å². The minimum atomic E-state index is -0.0946. The van der Waals surface area contributed by atoms with Gasteiger partial charge in [0, 0.05) is 6.04 Å². The molecule has 0 aromatic heterocycles. The Morgan fingerprint density at radius 2 is 2.36 bits per heavy atom. The fraction of sp³-hybridized carbons (Fsp3) is 0.778. The van der Waals surface area contributed by atoms with E-state index < -0.39 is 0 Å². The molecule has 1 saturated carbocycles. The van der Waals surface area contributed by atoms with Crippen molar-refractivity contribution in [1.29, 1.82) is 0 Å². The molecule has 0 bridgehead atoms. The lowest BCUT2D eigenvalue weighted by atomic mass is 9.89. The van der Waals surface area contributed by atoms with Crippen LogP contribution in [-0.2, 0) is 0 Å². The molecule has 1 aliphatic carbocycles. The Bertz CT molecular complexity index is 155. The normalized spacial score (nSPS) is 32.1. The average Bonchev–Trinajstić information content (AvgIpc) is 1.96. The molecule has 2 heteroatoms. The Balaban J connectivity index is 2.16. The van der Waals surface area contributed by atoms with Crippen LogP contribution in [0.25, 0.3) is 0 Å².